The van der Waals surface area contributed by atoms with Crippen molar-refractivity contribution in [3.8, 4) is 11.3 Å². The minimum absolute atomic E-state index is 0.0348. The number of halogens is 3. The van der Waals surface area contributed by atoms with Crippen molar-refractivity contribution < 1.29 is 22.8 Å². The number of pyridine rings is 1. The van der Waals surface area contributed by atoms with Crippen molar-refractivity contribution in [2.24, 2.45) is 5.73 Å². The lowest BCUT2D eigenvalue weighted by atomic mass is 10.2. The van der Waals surface area contributed by atoms with Gasteiger partial charge in [0.05, 0.1) is 11.3 Å². The maximum atomic E-state index is 12.5. The lowest BCUT2D eigenvalue weighted by Crippen LogP contribution is -2.14. The lowest BCUT2D eigenvalue weighted by Gasteiger charge is -2.06. The van der Waals surface area contributed by atoms with E-state index in [1.807, 2.05) is 0 Å². The van der Waals surface area contributed by atoms with Crippen LogP contribution in [0, 0.1) is 0 Å². The second-order valence-electron chi connectivity index (χ2n) is 5.09. The molecule has 0 saturated carbocycles. The molecule has 0 atom stereocenters. The van der Waals surface area contributed by atoms with E-state index in [1.165, 1.54) is 6.07 Å². The summed E-state index contributed by atoms with van der Waals surface area (Å²) in [5.74, 6) is -1.26. The molecule has 4 N–H and O–H groups in total. The van der Waals surface area contributed by atoms with Gasteiger partial charge in [0, 0.05) is 23.3 Å². The third-order valence-corrected chi connectivity index (χ3v) is 4.04. The Bertz CT molecular complexity index is 962. The number of hydrogen-bond acceptors (Lipinski definition) is 5. The number of amides is 2. The molecule has 3 aromatic heterocycles. The molecule has 3 heterocycles. The van der Waals surface area contributed by atoms with E-state index >= 15 is 0 Å². The van der Waals surface area contributed by atoms with Crippen LogP contribution < -0.4 is 11.1 Å². The smallest absolute Gasteiger partial charge is 0.364 e. The number of aromatic amines is 1. The zero-order valence-electron chi connectivity index (χ0n) is 12.8. The number of carbonyl (C=O) groups excluding carboxylic acids is 2. The van der Waals surface area contributed by atoms with Crippen molar-refractivity contribution in [2.75, 3.05) is 5.32 Å². The topological polar surface area (TPSA) is 114 Å². The first-order valence-electron chi connectivity index (χ1n) is 7.03. The van der Waals surface area contributed by atoms with E-state index < -0.39 is 23.7 Å². The Labute approximate surface area is 148 Å². The van der Waals surface area contributed by atoms with Gasteiger partial charge in [-0.25, -0.2) is 4.98 Å². The Hall–Kier alpha value is -3.21. The van der Waals surface area contributed by atoms with Gasteiger partial charge in [0.1, 0.15) is 11.4 Å². The quantitative estimate of drug-likeness (QED) is 0.645. The molecular formula is C15H10F3N5O2S. The number of primary amides is 1. The summed E-state index contributed by atoms with van der Waals surface area (Å²) in [5.41, 5.74) is 5.36. The van der Waals surface area contributed by atoms with Gasteiger partial charge in [-0.2, -0.15) is 13.2 Å². The van der Waals surface area contributed by atoms with Crippen LogP contribution in [0.4, 0.5) is 18.3 Å². The fraction of sp³-hybridized carbons (Fsp3) is 0.0667. The standard InChI is InChI=1S/C15H10F3N5O2S/c16-15(17,18)11-2-1-7(4-21-11)13(25)23-14-22-10(6-26-14)8-3-9(12(19)24)20-5-8/h1-6,20H,(H2,19,24)(H,22,23,25). The van der Waals surface area contributed by atoms with Crippen LogP contribution in [0.5, 0.6) is 0 Å². The second-order valence-corrected chi connectivity index (χ2v) is 5.95. The number of anilines is 1. The second kappa shape index (κ2) is 6.59. The first-order chi connectivity index (χ1) is 12.2. The molecule has 0 bridgehead atoms. The molecule has 0 aliphatic rings. The maximum absolute atomic E-state index is 12.5. The van der Waals surface area contributed by atoms with E-state index in [-0.39, 0.29) is 16.4 Å². The first kappa shape index (κ1) is 17.6. The van der Waals surface area contributed by atoms with Gasteiger partial charge < -0.3 is 10.7 Å². The maximum Gasteiger partial charge on any atom is 0.433 e. The van der Waals surface area contributed by atoms with Gasteiger partial charge in [-0.05, 0) is 18.2 Å². The number of aromatic nitrogens is 3. The summed E-state index contributed by atoms with van der Waals surface area (Å²) in [6.45, 7) is 0. The molecule has 11 heteroatoms. The molecule has 26 heavy (non-hydrogen) atoms. The highest BCUT2D eigenvalue weighted by atomic mass is 32.1. The number of nitrogens with one attached hydrogen (secondary N) is 2. The van der Waals surface area contributed by atoms with Crippen LogP contribution in [-0.4, -0.2) is 26.8 Å². The third kappa shape index (κ3) is 3.72. The average molecular weight is 381 g/mol. The normalized spacial score (nSPS) is 11.3. The number of carbonyl (C=O) groups is 2. The highest BCUT2D eigenvalue weighted by Gasteiger charge is 2.32. The summed E-state index contributed by atoms with van der Waals surface area (Å²) in [7, 11) is 0. The van der Waals surface area contributed by atoms with Crippen LogP contribution in [0.2, 0.25) is 0 Å². The molecule has 7 nitrogen and oxygen atoms in total. The highest BCUT2D eigenvalue weighted by molar-refractivity contribution is 7.14. The van der Waals surface area contributed by atoms with Crippen molar-refractivity contribution in [1.29, 1.82) is 0 Å². The lowest BCUT2D eigenvalue weighted by molar-refractivity contribution is -0.141. The van der Waals surface area contributed by atoms with Crippen LogP contribution in [0.3, 0.4) is 0 Å². The summed E-state index contributed by atoms with van der Waals surface area (Å²) in [6.07, 6.45) is -2.18. The molecule has 3 rings (SSSR count). The van der Waals surface area contributed by atoms with Gasteiger partial charge in [0.15, 0.2) is 5.13 Å². The molecule has 0 radical (unpaired) electrons. The van der Waals surface area contributed by atoms with Crippen LogP contribution >= 0.6 is 11.3 Å². The number of rotatable bonds is 4. The van der Waals surface area contributed by atoms with Crippen LogP contribution in [0.15, 0.2) is 36.0 Å². The van der Waals surface area contributed by atoms with Gasteiger partial charge in [0.2, 0.25) is 0 Å². The molecule has 0 unspecified atom stereocenters. The fourth-order valence-electron chi connectivity index (χ4n) is 2.01. The van der Waals surface area contributed by atoms with Gasteiger partial charge in [-0.1, -0.05) is 0 Å². The number of H-pyrrole nitrogens is 1. The molecule has 0 saturated heterocycles. The van der Waals surface area contributed by atoms with Crippen molar-refractivity contribution in [1.82, 2.24) is 15.0 Å². The molecule has 134 valence electrons. The minimum Gasteiger partial charge on any atom is -0.364 e. The monoisotopic (exact) mass is 381 g/mol. The van der Waals surface area contributed by atoms with E-state index in [4.69, 9.17) is 5.73 Å². The Morgan fingerprint density at radius 2 is 2.04 bits per heavy atom. The Morgan fingerprint density at radius 1 is 1.27 bits per heavy atom. The molecular weight excluding hydrogens is 371 g/mol. The number of hydrogen-bond donors (Lipinski definition) is 3. The van der Waals surface area contributed by atoms with E-state index in [9.17, 15) is 22.8 Å². The summed E-state index contributed by atoms with van der Waals surface area (Å²) >= 11 is 1.12. The molecule has 0 aliphatic carbocycles. The Morgan fingerprint density at radius 3 is 2.62 bits per heavy atom. The largest absolute Gasteiger partial charge is 0.433 e. The predicted molar refractivity (Wildman–Crippen MR) is 87.6 cm³/mol. The van der Waals surface area contributed by atoms with E-state index in [0.29, 0.717) is 11.3 Å². The van der Waals surface area contributed by atoms with E-state index in [2.05, 4.69) is 20.3 Å². The number of nitrogens with two attached hydrogens (primary N) is 1. The zero-order chi connectivity index (χ0) is 18.9. The number of alkyl halides is 3. The Kier molecular flexibility index (Phi) is 4.47. The van der Waals surface area contributed by atoms with Crippen LogP contribution in [0.1, 0.15) is 26.5 Å². The Balaban J connectivity index is 1.72. The van der Waals surface area contributed by atoms with Crippen molar-refractivity contribution in [2.45, 2.75) is 6.18 Å². The molecule has 2 amide bonds. The van der Waals surface area contributed by atoms with Crippen molar-refractivity contribution >= 4 is 28.3 Å². The van der Waals surface area contributed by atoms with Gasteiger partial charge >= 0.3 is 6.18 Å². The zero-order valence-corrected chi connectivity index (χ0v) is 13.6. The summed E-state index contributed by atoms with van der Waals surface area (Å²) in [4.78, 5) is 33.3. The summed E-state index contributed by atoms with van der Waals surface area (Å²) < 4.78 is 37.4. The van der Waals surface area contributed by atoms with Gasteiger partial charge in [-0.15, -0.1) is 11.3 Å². The molecule has 0 spiro atoms. The summed E-state index contributed by atoms with van der Waals surface area (Å²) in [5, 5.41) is 4.37. The predicted octanol–water partition coefficient (Wildman–Crippen LogP) is 2.90. The SMILES string of the molecule is NC(=O)c1cc(-c2csc(NC(=O)c3ccc(C(F)(F)F)nc3)n2)c[nH]1. The molecule has 0 aromatic carbocycles. The summed E-state index contributed by atoms with van der Waals surface area (Å²) in [6, 6.07) is 3.28. The first-order valence-corrected chi connectivity index (χ1v) is 7.91. The van der Waals surface area contributed by atoms with Gasteiger partial charge in [0.25, 0.3) is 11.8 Å². The number of thiazole rings is 1. The van der Waals surface area contributed by atoms with E-state index in [0.717, 1.165) is 29.7 Å². The average Bonchev–Trinajstić information content (AvgIpc) is 3.23. The van der Waals surface area contributed by atoms with Crippen LogP contribution in [-0.2, 0) is 6.18 Å². The number of nitrogens with zero attached hydrogens (tertiary/aromatic N) is 2. The minimum atomic E-state index is -4.57. The van der Waals surface area contributed by atoms with E-state index in [1.54, 1.807) is 11.6 Å². The highest BCUT2D eigenvalue weighted by Crippen LogP contribution is 2.28. The molecule has 3 aromatic rings. The van der Waals surface area contributed by atoms with Crippen molar-refractivity contribution in [3.05, 3.63) is 52.9 Å². The third-order valence-electron chi connectivity index (χ3n) is 3.28. The van der Waals surface area contributed by atoms with Crippen molar-refractivity contribution in [3.63, 3.8) is 0 Å². The van der Waals surface area contributed by atoms with Gasteiger partial charge in [-0.3, -0.25) is 19.9 Å². The van der Waals surface area contributed by atoms with Crippen LogP contribution in [0.25, 0.3) is 11.3 Å². The molecule has 0 aliphatic heterocycles. The fourth-order valence-corrected chi connectivity index (χ4v) is 2.73. The molecule has 0 fully saturated rings.